The Balaban J connectivity index is 1.54. The van der Waals surface area contributed by atoms with Gasteiger partial charge in [-0.15, -0.1) is 11.3 Å². The Morgan fingerprint density at radius 2 is 2.19 bits per heavy atom. The van der Waals surface area contributed by atoms with Gasteiger partial charge >= 0.3 is 0 Å². The van der Waals surface area contributed by atoms with E-state index in [9.17, 15) is 10.1 Å². The minimum atomic E-state index is -0.322. The van der Waals surface area contributed by atoms with Gasteiger partial charge in [0, 0.05) is 47.6 Å². The molecular weight excluding hydrogens is 346 g/mol. The molecule has 0 unspecified atom stereocenters. The smallest absolute Gasteiger partial charge is 0.269 e. The van der Waals surface area contributed by atoms with E-state index in [0.29, 0.717) is 5.92 Å². The molecule has 0 radical (unpaired) electrons. The molecular formula is C20H27N3O2S. The molecule has 0 aliphatic carbocycles. The van der Waals surface area contributed by atoms with Gasteiger partial charge in [-0.3, -0.25) is 19.9 Å². The van der Waals surface area contributed by atoms with Crippen LogP contribution in [0, 0.1) is 23.0 Å². The van der Waals surface area contributed by atoms with E-state index in [-0.39, 0.29) is 16.7 Å². The molecule has 140 valence electrons. The van der Waals surface area contributed by atoms with Crippen LogP contribution in [-0.4, -0.2) is 41.4 Å². The van der Waals surface area contributed by atoms with E-state index >= 15 is 0 Å². The van der Waals surface area contributed by atoms with Gasteiger partial charge in [0.25, 0.3) is 5.69 Å². The zero-order valence-corrected chi connectivity index (χ0v) is 16.5. The second kappa shape index (κ2) is 8.29. The van der Waals surface area contributed by atoms with Gasteiger partial charge < -0.3 is 0 Å². The lowest BCUT2D eigenvalue weighted by atomic mass is 10.0. The lowest BCUT2D eigenvalue weighted by Crippen LogP contribution is -2.30. The van der Waals surface area contributed by atoms with Crippen LogP contribution in [0.25, 0.3) is 0 Å². The zero-order chi connectivity index (χ0) is 18.7. The van der Waals surface area contributed by atoms with Crippen molar-refractivity contribution in [3.8, 4) is 0 Å². The highest BCUT2D eigenvalue weighted by molar-refractivity contribution is 7.11. The molecule has 6 heteroatoms. The number of likely N-dealkylation sites (tertiary alicyclic amines) is 1. The molecule has 0 saturated carbocycles. The summed E-state index contributed by atoms with van der Waals surface area (Å²) in [6, 6.07) is 11.6. The minimum absolute atomic E-state index is 0.168. The number of nitro groups is 1. The molecule has 1 saturated heterocycles. The number of aryl methyl sites for hydroxylation is 1. The summed E-state index contributed by atoms with van der Waals surface area (Å²) >= 11 is 1.89. The number of non-ortho nitro benzene ring substituents is 1. The largest absolute Gasteiger partial charge is 0.299 e. The van der Waals surface area contributed by atoms with Crippen molar-refractivity contribution in [2.75, 3.05) is 26.7 Å². The van der Waals surface area contributed by atoms with Crippen molar-refractivity contribution in [3.05, 3.63) is 61.8 Å². The van der Waals surface area contributed by atoms with Crippen molar-refractivity contribution < 1.29 is 4.92 Å². The predicted molar refractivity (Wildman–Crippen MR) is 107 cm³/mol. The maximum atomic E-state index is 11.0. The lowest BCUT2D eigenvalue weighted by Gasteiger charge is -2.27. The summed E-state index contributed by atoms with van der Waals surface area (Å²) in [5.74, 6) is 0.655. The third kappa shape index (κ3) is 4.69. The standard InChI is InChI=1S/C20H27N3O2S/c1-15-7-8-20(26-15)14-22-10-9-17(13-22)12-21(3)16(2)18-5-4-6-19(11-18)23(24)25/h4-8,11,16-17H,9-10,12-14H2,1-3H3/t16-,17-/m1/s1. The summed E-state index contributed by atoms with van der Waals surface area (Å²) < 4.78 is 0. The van der Waals surface area contributed by atoms with Crippen molar-refractivity contribution in [1.82, 2.24) is 9.80 Å². The van der Waals surface area contributed by atoms with Gasteiger partial charge in [0.15, 0.2) is 0 Å². The Morgan fingerprint density at radius 3 is 2.88 bits per heavy atom. The number of hydrogen-bond acceptors (Lipinski definition) is 5. The van der Waals surface area contributed by atoms with Gasteiger partial charge in [0.2, 0.25) is 0 Å². The van der Waals surface area contributed by atoms with Crippen LogP contribution in [0.1, 0.15) is 34.7 Å². The van der Waals surface area contributed by atoms with Gasteiger partial charge in [0.1, 0.15) is 0 Å². The van der Waals surface area contributed by atoms with Gasteiger partial charge in [-0.2, -0.15) is 0 Å². The molecule has 1 aliphatic heterocycles. The molecule has 0 spiro atoms. The highest BCUT2D eigenvalue weighted by Crippen LogP contribution is 2.27. The predicted octanol–water partition coefficient (Wildman–Crippen LogP) is 4.48. The van der Waals surface area contributed by atoms with E-state index in [2.05, 4.69) is 42.8 Å². The summed E-state index contributed by atoms with van der Waals surface area (Å²) in [4.78, 5) is 18.4. The average molecular weight is 374 g/mol. The second-order valence-electron chi connectivity index (χ2n) is 7.37. The first kappa shape index (κ1) is 19.0. The highest BCUT2D eigenvalue weighted by Gasteiger charge is 2.25. The average Bonchev–Trinajstić information content (AvgIpc) is 3.23. The van der Waals surface area contributed by atoms with E-state index in [0.717, 1.165) is 31.7 Å². The molecule has 0 N–H and O–H groups in total. The first-order chi connectivity index (χ1) is 12.4. The summed E-state index contributed by atoms with van der Waals surface area (Å²) in [5, 5.41) is 11.0. The zero-order valence-electron chi connectivity index (χ0n) is 15.7. The van der Waals surface area contributed by atoms with Crippen LogP contribution in [0.3, 0.4) is 0 Å². The van der Waals surface area contributed by atoms with E-state index in [1.54, 1.807) is 18.2 Å². The van der Waals surface area contributed by atoms with E-state index in [1.165, 1.54) is 16.2 Å². The molecule has 1 aromatic carbocycles. The summed E-state index contributed by atoms with van der Waals surface area (Å²) in [6.07, 6.45) is 1.22. The van der Waals surface area contributed by atoms with Crippen LogP contribution in [0.2, 0.25) is 0 Å². The number of thiophene rings is 1. The van der Waals surface area contributed by atoms with Crippen LogP contribution < -0.4 is 0 Å². The van der Waals surface area contributed by atoms with Crippen molar-refractivity contribution in [1.29, 1.82) is 0 Å². The molecule has 1 fully saturated rings. The molecule has 0 bridgehead atoms. The monoisotopic (exact) mass is 373 g/mol. The molecule has 3 rings (SSSR count). The fraction of sp³-hybridized carbons (Fsp3) is 0.500. The Bertz CT molecular complexity index is 761. The minimum Gasteiger partial charge on any atom is -0.299 e. The van der Waals surface area contributed by atoms with Crippen LogP contribution in [0.5, 0.6) is 0 Å². The molecule has 1 aromatic heterocycles. The topological polar surface area (TPSA) is 49.6 Å². The molecule has 1 aliphatic rings. The molecule has 2 heterocycles. The van der Waals surface area contributed by atoms with Gasteiger partial charge in [0.05, 0.1) is 4.92 Å². The molecule has 0 amide bonds. The highest BCUT2D eigenvalue weighted by atomic mass is 32.1. The molecule has 5 nitrogen and oxygen atoms in total. The normalized spacial score (nSPS) is 19.2. The van der Waals surface area contributed by atoms with Gasteiger partial charge in [-0.1, -0.05) is 12.1 Å². The quantitative estimate of drug-likeness (QED) is 0.530. The van der Waals surface area contributed by atoms with Crippen LogP contribution in [-0.2, 0) is 6.54 Å². The van der Waals surface area contributed by atoms with E-state index in [1.807, 2.05) is 17.4 Å². The summed E-state index contributed by atoms with van der Waals surface area (Å²) in [5.41, 5.74) is 1.17. The number of rotatable bonds is 7. The van der Waals surface area contributed by atoms with Crippen LogP contribution in [0.4, 0.5) is 5.69 Å². The second-order valence-corrected chi connectivity index (χ2v) is 8.74. The first-order valence-electron chi connectivity index (χ1n) is 9.14. The number of nitrogens with zero attached hydrogens (tertiary/aromatic N) is 3. The van der Waals surface area contributed by atoms with Gasteiger partial charge in [-0.05, 0) is 57.5 Å². The van der Waals surface area contributed by atoms with Crippen LogP contribution >= 0.6 is 11.3 Å². The molecule has 26 heavy (non-hydrogen) atoms. The fourth-order valence-corrected chi connectivity index (χ4v) is 4.65. The Labute approximate surface area is 159 Å². The molecule has 2 aromatic rings. The number of nitro benzene ring substituents is 1. The fourth-order valence-electron chi connectivity index (χ4n) is 3.71. The number of hydrogen-bond donors (Lipinski definition) is 0. The summed E-state index contributed by atoms with van der Waals surface area (Å²) in [7, 11) is 2.12. The van der Waals surface area contributed by atoms with Gasteiger partial charge in [-0.25, -0.2) is 0 Å². The Hall–Kier alpha value is -1.76. The Morgan fingerprint density at radius 1 is 1.38 bits per heavy atom. The lowest BCUT2D eigenvalue weighted by molar-refractivity contribution is -0.384. The maximum absolute atomic E-state index is 11.0. The molecule has 2 atom stereocenters. The van der Waals surface area contributed by atoms with E-state index in [4.69, 9.17) is 0 Å². The summed E-state index contributed by atoms with van der Waals surface area (Å²) in [6.45, 7) is 8.64. The van der Waals surface area contributed by atoms with Crippen molar-refractivity contribution in [2.45, 2.75) is 32.9 Å². The Kier molecular flexibility index (Phi) is 6.06. The third-order valence-corrected chi connectivity index (χ3v) is 6.30. The SMILES string of the molecule is Cc1ccc(CN2CC[C@H](CN(C)[C@H](C)c3cccc([N+](=O)[O-])c3)C2)s1. The number of benzene rings is 1. The first-order valence-corrected chi connectivity index (χ1v) is 9.96. The third-order valence-electron chi connectivity index (χ3n) is 5.32. The van der Waals surface area contributed by atoms with Crippen LogP contribution in [0.15, 0.2) is 36.4 Å². The van der Waals surface area contributed by atoms with E-state index < -0.39 is 0 Å². The van der Waals surface area contributed by atoms with Crippen molar-refractivity contribution >= 4 is 17.0 Å². The maximum Gasteiger partial charge on any atom is 0.269 e. The van der Waals surface area contributed by atoms with Crippen molar-refractivity contribution in [3.63, 3.8) is 0 Å². The van der Waals surface area contributed by atoms with Crippen molar-refractivity contribution in [2.24, 2.45) is 5.92 Å².